The molecule has 0 aliphatic heterocycles. The molecule has 0 radical (unpaired) electrons. The van der Waals surface area contributed by atoms with Crippen molar-refractivity contribution in [2.75, 3.05) is 7.11 Å². The van der Waals surface area contributed by atoms with E-state index in [0.29, 0.717) is 18.7 Å². The van der Waals surface area contributed by atoms with Crippen LogP contribution in [-0.2, 0) is 18.8 Å². The molecule has 0 fully saturated rings. The predicted octanol–water partition coefficient (Wildman–Crippen LogP) is 5.11. The van der Waals surface area contributed by atoms with Gasteiger partial charge in [0.25, 0.3) is 5.91 Å². The van der Waals surface area contributed by atoms with Crippen LogP contribution in [0.1, 0.15) is 27.2 Å². The number of nitrogens with one attached hydrogen (secondary N) is 1. The number of thioether (sulfide) groups is 1. The zero-order valence-electron chi connectivity index (χ0n) is 19.8. The van der Waals surface area contributed by atoms with Gasteiger partial charge in [-0.1, -0.05) is 42.1 Å². The van der Waals surface area contributed by atoms with Crippen LogP contribution in [0.5, 0.6) is 5.75 Å². The second-order valence-electron chi connectivity index (χ2n) is 8.16. The number of aromatic nitrogens is 4. The summed E-state index contributed by atoms with van der Waals surface area (Å²) in [7, 11) is 1.66. The molecule has 0 saturated carbocycles. The molecular weight excluding hydrogens is 470 g/mol. The predicted molar refractivity (Wildman–Crippen MR) is 141 cm³/mol. The maximum atomic E-state index is 12.5. The molecule has 5 aromatic rings. The van der Waals surface area contributed by atoms with Gasteiger partial charge in [0.2, 0.25) is 0 Å². The molecule has 0 aliphatic rings. The van der Waals surface area contributed by atoms with Gasteiger partial charge in [0, 0.05) is 23.7 Å². The fraction of sp³-hybridized carbons (Fsp3) is 0.143. The minimum Gasteiger partial charge on any atom is -0.497 e. The third kappa shape index (κ3) is 5.55. The third-order valence-electron chi connectivity index (χ3n) is 5.71. The molecule has 36 heavy (non-hydrogen) atoms. The van der Waals surface area contributed by atoms with Gasteiger partial charge in [0.15, 0.2) is 10.8 Å². The summed E-state index contributed by atoms with van der Waals surface area (Å²) in [5.41, 5.74) is 5.42. The quantitative estimate of drug-likeness (QED) is 0.286. The fourth-order valence-corrected chi connectivity index (χ4v) is 4.74. The summed E-state index contributed by atoms with van der Waals surface area (Å²) in [4.78, 5) is 26.1. The fourth-order valence-electron chi connectivity index (χ4n) is 3.78. The standard InChI is InChI=1S/C28H25N5O2S/c1-35-24-13-9-20(10-14-24)18-33-26-25(6-4-16-30-26)32-28(33)36-19-21-7-11-22(12-8-21)27(34)31-17-23-5-2-3-15-29-23/h2-16H,17-19H2,1H3,(H,31,34). The van der Waals surface area contributed by atoms with Crippen LogP contribution in [0, 0.1) is 0 Å². The topological polar surface area (TPSA) is 81.9 Å². The van der Waals surface area contributed by atoms with Crippen molar-refractivity contribution in [3.8, 4) is 5.75 Å². The largest absolute Gasteiger partial charge is 0.497 e. The molecule has 3 aromatic heterocycles. The van der Waals surface area contributed by atoms with Crippen molar-refractivity contribution in [2.24, 2.45) is 0 Å². The second kappa shape index (κ2) is 11.0. The van der Waals surface area contributed by atoms with Crippen molar-refractivity contribution in [3.05, 3.63) is 114 Å². The van der Waals surface area contributed by atoms with Crippen LogP contribution in [0.3, 0.4) is 0 Å². The number of hydrogen-bond acceptors (Lipinski definition) is 6. The Kier molecular flexibility index (Phi) is 7.23. The Bertz CT molecular complexity index is 1450. The molecule has 0 spiro atoms. The lowest BCUT2D eigenvalue weighted by Gasteiger charge is -2.10. The lowest BCUT2D eigenvalue weighted by molar-refractivity contribution is 0.0950. The number of ether oxygens (including phenoxy) is 1. The van der Waals surface area contributed by atoms with Gasteiger partial charge in [-0.3, -0.25) is 14.3 Å². The average Bonchev–Trinajstić information content (AvgIpc) is 3.29. The van der Waals surface area contributed by atoms with E-state index in [1.165, 1.54) is 0 Å². The van der Waals surface area contributed by atoms with Crippen molar-refractivity contribution in [1.82, 2.24) is 24.8 Å². The summed E-state index contributed by atoms with van der Waals surface area (Å²) in [6.45, 7) is 1.06. The van der Waals surface area contributed by atoms with Crippen LogP contribution < -0.4 is 10.1 Å². The van der Waals surface area contributed by atoms with E-state index in [4.69, 9.17) is 9.72 Å². The van der Waals surface area contributed by atoms with E-state index < -0.39 is 0 Å². The molecule has 8 heteroatoms. The number of methoxy groups -OCH3 is 1. The summed E-state index contributed by atoms with van der Waals surface area (Å²) < 4.78 is 7.42. The Hall–Kier alpha value is -4.17. The minimum atomic E-state index is -0.118. The number of benzene rings is 2. The first-order valence-electron chi connectivity index (χ1n) is 11.5. The van der Waals surface area contributed by atoms with Gasteiger partial charge in [-0.25, -0.2) is 9.97 Å². The molecule has 0 atom stereocenters. The second-order valence-corrected chi connectivity index (χ2v) is 9.11. The molecule has 3 heterocycles. The van der Waals surface area contributed by atoms with Crippen LogP contribution in [0.4, 0.5) is 0 Å². The minimum absolute atomic E-state index is 0.118. The van der Waals surface area contributed by atoms with E-state index in [1.807, 2.05) is 66.7 Å². The highest BCUT2D eigenvalue weighted by Gasteiger charge is 2.13. The smallest absolute Gasteiger partial charge is 0.251 e. The zero-order valence-corrected chi connectivity index (χ0v) is 20.6. The van der Waals surface area contributed by atoms with Gasteiger partial charge in [0.1, 0.15) is 11.3 Å². The number of imidazole rings is 1. The Labute approximate surface area is 213 Å². The van der Waals surface area contributed by atoms with Crippen molar-refractivity contribution in [1.29, 1.82) is 0 Å². The number of amides is 1. The van der Waals surface area contributed by atoms with Crippen molar-refractivity contribution in [3.63, 3.8) is 0 Å². The summed E-state index contributed by atoms with van der Waals surface area (Å²) >= 11 is 1.65. The molecule has 5 rings (SSSR count). The molecule has 0 saturated heterocycles. The maximum Gasteiger partial charge on any atom is 0.251 e. The number of carbonyl (C=O) groups excluding carboxylic acids is 1. The first-order valence-corrected chi connectivity index (χ1v) is 12.5. The number of pyridine rings is 2. The number of carbonyl (C=O) groups is 1. The van der Waals surface area contributed by atoms with E-state index in [0.717, 1.165) is 44.6 Å². The molecule has 1 N–H and O–H groups in total. The first kappa shape index (κ1) is 23.6. The van der Waals surface area contributed by atoms with Gasteiger partial charge in [-0.05, 0) is 59.7 Å². The van der Waals surface area contributed by atoms with Crippen LogP contribution in [0.15, 0.2) is 96.4 Å². The van der Waals surface area contributed by atoms with Crippen LogP contribution >= 0.6 is 11.8 Å². The molecule has 0 bridgehead atoms. The summed E-state index contributed by atoms with van der Waals surface area (Å²) in [6, 6.07) is 25.2. The zero-order chi connectivity index (χ0) is 24.7. The third-order valence-corrected chi connectivity index (χ3v) is 6.76. The molecule has 2 aromatic carbocycles. The highest BCUT2D eigenvalue weighted by Crippen LogP contribution is 2.27. The number of rotatable bonds is 9. The number of fused-ring (bicyclic) bond motifs is 1. The summed E-state index contributed by atoms with van der Waals surface area (Å²) in [5.74, 6) is 1.44. The normalized spacial score (nSPS) is 10.9. The van der Waals surface area contributed by atoms with E-state index in [1.54, 1.807) is 31.3 Å². The van der Waals surface area contributed by atoms with E-state index in [-0.39, 0.29) is 5.91 Å². The van der Waals surface area contributed by atoms with Crippen molar-refractivity contribution >= 4 is 28.8 Å². The Morgan fingerprint density at radius 2 is 1.69 bits per heavy atom. The Balaban J connectivity index is 1.26. The van der Waals surface area contributed by atoms with Crippen molar-refractivity contribution < 1.29 is 9.53 Å². The summed E-state index contributed by atoms with van der Waals surface area (Å²) in [5, 5.41) is 3.81. The molecule has 0 aliphatic carbocycles. The van der Waals surface area contributed by atoms with Gasteiger partial charge < -0.3 is 10.1 Å². The van der Waals surface area contributed by atoms with E-state index in [2.05, 4.69) is 32.0 Å². The monoisotopic (exact) mass is 495 g/mol. The molecule has 7 nitrogen and oxygen atoms in total. The number of nitrogens with zero attached hydrogens (tertiary/aromatic N) is 4. The first-order chi connectivity index (χ1) is 17.7. The molecule has 180 valence electrons. The summed E-state index contributed by atoms with van der Waals surface area (Å²) in [6.07, 6.45) is 3.51. The maximum absolute atomic E-state index is 12.5. The van der Waals surface area contributed by atoms with E-state index in [9.17, 15) is 4.79 Å². The van der Waals surface area contributed by atoms with Crippen LogP contribution in [0.2, 0.25) is 0 Å². The molecular formula is C28H25N5O2S. The van der Waals surface area contributed by atoms with Gasteiger partial charge in [-0.2, -0.15) is 0 Å². The molecule has 1 amide bonds. The van der Waals surface area contributed by atoms with E-state index >= 15 is 0 Å². The van der Waals surface area contributed by atoms with Crippen LogP contribution in [0.25, 0.3) is 11.2 Å². The van der Waals surface area contributed by atoms with Crippen molar-refractivity contribution in [2.45, 2.75) is 24.0 Å². The highest BCUT2D eigenvalue weighted by atomic mass is 32.2. The average molecular weight is 496 g/mol. The molecule has 0 unspecified atom stereocenters. The lowest BCUT2D eigenvalue weighted by Crippen LogP contribution is -2.23. The SMILES string of the molecule is COc1ccc(Cn2c(SCc3ccc(C(=O)NCc4ccccn4)cc3)nc3cccnc32)cc1. The lowest BCUT2D eigenvalue weighted by atomic mass is 10.1. The number of hydrogen-bond donors (Lipinski definition) is 1. The van der Waals surface area contributed by atoms with Gasteiger partial charge >= 0.3 is 0 Å². The Morgan fingerprint density at radius 1 is 0.917 bits per heavy atom. The van der Waals surface area contributed by atoms with Crippen LogP contribution in [-0.4, -0.2) is 32.5 Å². The Morgan fingerprint density at radius 3 is 2.44 bits per heavy atom. The van der Waals surface area contributed by atoms with Gasteiger partial charge in [-0.15, -0.1) is 0 Å². The highest BCUT2D eigenvalue weighted by molar-refractivity contribution is 7.98. The van der Waals surface area contributed by atoms with Gasteiger partial charge in [0.05, 0.1) is 25.9 Å².